The third-order valence-corrected chi connectivity index (χ3v) is 3.93. The number of rotatable bonds is 5. The Bertz CT molecular complexity index is 283. The zero-order valence-electron chi connectivity index (χ0n) is 10.6. The van der Waals surface area contributed by atoms with E-state index in [1.807, 2.05) is 6.92 Å². The van der Waals surface area contributed by atoms with Crippen LogP contribution in [-0.2, 0) is 0 Å². The van der Waals surface area contributed by atoms with Crippen LogP contribution in [0.1, 0.15) is 26.2 Å². The number of nitrogens with zero attached hydrogens (tertiary/aromatic N) is 2. The summed E-state index contributed by atoms with van der Waals surface area (Å²) in [5.41, 5.74) is 0. The van der Waals surface area contributed by atoms with Crippen LogP contribution in [0.15, 0.2) is 0 Å². The summed E-state index contributed by atoms with van der Waals surface area (Å²) >= 11 is 0. The van der Waals surface area contributed by atoms with Crippen molar-refractivity contribution in [2.24, 2.45) is 11.8 Å². The quantitative estimate of drug-likeness (QED) is 0.687. The van der Waals surface area contributed by atoms with Gasteiger partial charge in [0.05, 0.1) is 18.7 Å². The molecule has 17 heavy (non-hydrogen) atoms. The minimum absolute atomic E-state index is 0.276. The minimum Gasteiger partial charge on any atom is -0.393 e. The summed E-state index contributed by atoms with van der Waals surface area (Å²) in [6, 6.07) is 2.65. The van der Waals surface area contributed by atoms with Crippen LogP contribution in [0.2, 0.25) is 0 Å². The molecule has 4 heteroatoms. The van der Waals surface area contributed by atoms with E-state index in [0.717, 1.165) is 32.0 Å². The van der Waals surface area contributed by atoms with Gasteiger partial charge in [-0.2, -0.15) is 5.26 Å². The second-order valence-corrected chi connectivity index (χ2v) is 5.64. The van der Waals surface area contributed by atoms with E-state index in [9.17, 15) is 5.11 Å². The fourth-order valence-electron chi connectivity index (χ4n) is 2.61. The molecule has 1 aliphatic heterocycles. The minimum atomic E-state index is -0.276. The number of piperidine rings is 1. The molecule has 1 aliphatic carbocycles. The average molecular weight is 237 g/mol. The number of hydrogen-bond acceptors (Lipinski definition) is 4. The standard InChI is InChI=1S/C13H23N3O/c1-10(17)12-6-13(15-7-11-2-3-11)9-16(8-12)5-4-14/h10-13,15,17H,2-3,5-9H2,1H3. The lowest BCUT2D eigenvalue weighted by molar-refractivity contribution is 0.0532. The highest BCUT2D eigenvalue weighted by Gasteiger charge is 2.30. The predicted octanol–water partition coefficient (Wildman–Crippen LogP) is 0.581. The van der Waals surface area contributed by atoms with Gasteiger partial charge in [0.2, 0.25) is 0 Å². The molecule has 2 rings (SSSR count). The van der Waals surface area contributed by atoms with Crippen molar-refractivity contribution in [2.75, 3.05) is 26.2 Å². The molecule has 0 spiro atoms. The number of nitriles is 1. The van der Waals surface area contributed by atoms with Crippen molar-refractivity contribution in [1.82, 2.24) is 10.2 Å². The van der Waals surface area contributed by atoms with Crippen molar-refractivity contribution in [3.05, 3.63) is 0 Å². The molecule has 2 aliphatic rings. The Balaban J connectivity index is 1.83. The van der Waals surface area contributed by atoms with Gasteiger partial charge in [0, 0.05) is 19.1 Å². The highest BCUT2D eigenvalue weighted by Crippen LogP contribution is 2.28. The van der Waals surface area contributed by atoms with Crippen LogP contribution in [0.4, 0.5) is 0 Å². The van der Waals surface area contributed by atoms with E-state index in [4.69, 9.17) is 5.26 Å². The zero-order chi connectivity index (χ0) is 12.3. The summed E-state index contributed by atoms with van der Waals surface area (Å²) in [7, 11) is 0. The SMILES string of the molecule is CC(O)C1CC(NCC2CC2)CN(CC#N)C1. The lowest BCUT2D eigenvalue weighted by atomic mass is 9.90. The van der Waals surface area contributed by atoms with Crippen molar-refractivity contribution in [3.8, 4) is 6.07 Å². The van der Waals surface area contributed by atoms with Gasteiger partial charge in [-0.15, -0.1) is 0 Å². The Morgan fingerprint density at radius 1 is 1.47 bits per heavy atom. The largest absolute Gasteiger partial charge is 0.393 e. The van der Waals surface area contributed by atoms with Crippen LogP contribution < -0.4 is 5.32 Å². The van der Waals surface area contributed by atoms with Gasteiger partial charge in [0.15, 0.2) is 0 Å². The van der Waals surface area contributed by atoms with E-state index < -0.39 is 0 Å². The first-order valence-corrected chi connectivity index (χ1v) is 6.69. The Hall–Kier alpha value is -0.630. The molecule has 0 aromatic heterocycles. The van der Waals surface area contributed by atoms with Gasteiger partial charge in [0.1, 0.15) is 0 Å². The Labute approximate surface area is 104 Å². The van der Waals surface area contributed by atoms with E-state index in [1.54, 1.807) is 0 Å². The fraction of sp³-hybridized carbons (Fsp3) is 0.923. The van der Waals surface area contributed by atoms with Gasteiger partial charge in [-0.1, -0.05) is 0 Å². The number of hydrogen-bond donors (Lipinski definition) is 2. The highest BCUT2D eigenvalue weighted by atomic mass is 16.3. The van der Waals surface area contributed by atoms with Crippen molar-refractivity contribution in [3.63, 3.8) is 0 Å². The number of likely N-dealkylation sites (tertiary alicyclic amines) is 1. The Morgan fingerprint density at radius 2 is 2.24 bits per heavy atom. The molecule has 1 saturated heterocycles. The fourth-order valence-corrected chi connectivity index (χ4v) is 2.61. The van der Waals surface area contributed by atoms with E-state index in [1.165, 1.54) is 12.8 Å². The second kappa shape index (κ2) is 5.81. The maximum Gasteiger partial charge on any atom is 0.0866 e. The Kier molecular flexibility index (Phi) is 4.38. The van der Waals surface area contributed by atoms with Gasteiger partial charge in [-0.05, 0) is 44.6 Å². The van der Waals surface area contributed by atoms with E-state index in [-0.39, 0.29) is 6.10 Å². The molecule has 2 fully saturated rings. The van der Waals surface area contributed by atoms with Crippen LogP contribution >= 0.6 is 0 Å². The number of aliphatic hydroxyl groups is 1. The average Bonchev–Trinajstić information content (AvgIpc) is 3.10. The van der Waals surface area contributed by atoms with Gasteiger partial charge < -0.3 is 10.4 Å². The predicted molar refractivity (Wildman–Crippen MR) is 66.4 cm³/mol. The van der Waals surface area contributed by atoms with Crippen LogP contribution in [0.5, 0.6) is 0 Å². The first kappa shape index (κ1) is 12.8. The molecule has 1 heterocycles. The van der Waals surface area contributed by atoms with Crippen LogP contribution in [0, 0.1) is 23.2 Å². The lowest BCUT2D eigenvalue weighted by Crippen LogP contribution is -2.51. The Morgan fingerprint density at radius 3 is 2.82 bits per heavy atom. The molecule has 3 unspecified atom stereocenters. The van der Waals surface area contributed by atoms with E-state index in [2.05, 4.69) is 16.3 Å². The summed E-state index contributed by atoms with van der Waals surface area (Å²) in [5.74, 6) is 1.18. The van der Waals surface area contributed by atoms with Crippen LogP contribution in [-0.4, -0.2) is 48.3 Å². The number of aliphatic hydroxyl groups excluding tert-OH is 1. The van der Waals surface area contributed by atoms with Crippen molar-refractivity contribution >= 4 is 0 Å². The van der Waals surface area contributed by atoms with Gasteiger partial charge in [-0.25, -0.2) is 0 Å². The molecule has 1 saturated carbocycles. The van der Waals surface area contributed by atoms with Gasteiger partial charge in [-0.3, -0.25) is 4.90 Å². The zero-order valence-corrected chi connectivity index (χ0v) is 10.6. The third-order valence-electron chi connectivity index (χ3n) is 3.93. The molecule has 0 bridgehead atoms. The van der Waals surface area contributed by atoms with Crippen LogP contribution in [0.25, 0.3) is 0 Å². The summed E-state index contributed by atoms with van der Waals surface area (Å²) in [6.07, 6.45) is 3.48. The maximum atomic E-state index is 9.73. The molecule has 4 nitrogen and oxygen atoms in total. The van der Waals surface area contributed by atoms with Crippen molar-refractivity contribution in [2.45, 2.75) is 38.3 Å². The van der Waals surface area contributed by atoms with E-state index >= 15 is 0 Å². The van der Waals surface area contributed by atoms with Crippen LogP contribution in [0.3, 0.4) is 0 Å². The molecular weight excluding hydrogens is 214 g/mol. The smallest absolute Gasteiger partial charge is 0.0866 e. The highest BCUT2D eigenvalue weighted by molar-refractivity contribution is 4.90. The monoisotopic (exact) mass is 237 g/mol. The van der Waals surface area contributed by atoms with Gasteiger partial charge >= 0.3 is 0 Å². The normalized spacial score (nSPS) is 32.1. The number of nitrogens with one attached hydrogen (secondary N) is 1. The molecule has 0 amide bonds. The topological polar surface area (TPSA) is 59.3 Å². The van der Waals surface area contributed by atoms with Gasteiger partial charge in [0.25, 0.3) is 0 Å². The summed E-state index contributed by atoms with van der Waals surface area (Å²) in [5, 5.41) is 22.1. The first-order valence-electron chi connectivity index (χ1n) is 6.69. The first-order chi connectivity index (χ1) is 8.19. The van der Waals surface area contributed by atoms with Crippen molar-refractivity contribution < 1.29 is 5.11 Å². The molecule has 0 radical (unpaired) electrons. The molecule has 96 valence electrons. The molecule has 0 aromatic carbocycles. The van der Waals surface area contributed by atoms with Crippen molar-refractivity contribution in [1.29, 1.82) is 5.26 Å². The summed E-state index contributed by atoms with van der Waals surface area (Å²) in [4.78, 5) is 2.16. The molecule has 2 N–H and O–H groups in total. The molecular formula is C13H23N3O. The molecule has 3 atom stereocenters. The lowest BCUT2D eigenvalue weighted by Gasteiger charge is -2.38. The summed E-state index contributed by atoms with van der Waals surface area (Å²) in [6.45, 7) is 5.25. The van der Waals surface area contributed by atoms with E-state index in [0.29, 0.717) is 18.5 Å². The second-order valence-electron chi connectivity index (χ2n) is 5.64. The summed E-state index contributed by atoms with van der Waals surface area (Å²) < 4.78 is 0. The third kappa shape index (κ3) is 3.95. The molecule has 0 aromatic rings. The maximum absolute atomic E-state index is 9.73.